The van der Waals surface area contributed by atoms with Crippen LogP contribution in [-0.4, -0.2) is 24.2 Å². The molecule has 0 aromatic heterocycles. The minimum Gasteiger partial charge on any atom is -0.492 e. The van der Waals surface area contributed by atoms with E-state index >= 15 is 0 Å². The zero-order valence-corrected chi connectivity index (χ0v) is 19.4. The number of hydrogen-bond donors (Lipinski definition) is 1. The quantitative estimate of drug-likeness (QED) is 0.430. The topological polar surface area (TPSA) is 59.0 Å². The maximum atomic E-state index is 10.7. The fraction of sp³-hybridized carbons (Fsp3) is 0.296. The number of ether oxygens (including phenoxy) is 2. The molecule has 0 amide bonds. The Labute approximate surface area is 191 Å². The Bertz CT molecular complexity index is 924. The number of aryl methyl sites for hydroxylation is 1. The number of anilines is 2. The predicted octanol–water partition coefficient (Wildman–Crippen LogP) is 7.08. The van der Waals surface area contributed by atoms with Crippen LogP contribution in [0.25, 0.3) is 0 Å². The van der Waals surface area contributed by atoms with Crippen LogP contribution in [0.15, 0.2) is 72.8 Å². The Morgan fingerprint density at radius 3 is 1.91 bits per heavy atom. The molecule has 1 N–H and O–H groups in total. The molecule has 4 rings (SSSR count). The third-order valence-corrected chi connectivity index (χ3v) is 4.67. The van der Waals surface area contributed by atoms with Crippen molar-refractivity contribution in [3.05, 3.63) is 78.4 Å². The van der Waals surface area contributed by atoms with E-state index in [2.05, 4.69) is 4.90 Å². The Hall–Kier alpha value is -3.47. The summed E-state index contributed by atoms with van der Waals surface area (Å²) in [6.07, 6.45) is 0.660. The summed E-state index contributed by atoms with van der Waals surface area (Å²) < 4.78 is 11.9. The van der Waals surface area contributed by atoms with Gasteiger partial charge in [-0.2, -0.15) is 0 Å². The van der Waals surface area contributed by atoms with Gasteiger partial charge in [-0.15, -0.1) is 0 Å². The van der Waals surface area contributed by atoms with Crippen molar-refractivity contribution in [2.24, 2.45) is 0 Å². The van der Waals surface area contributed by atoms with Crippen LogP contribution in [0.2, 0.25) is 0 Å². The summed E-state index contributed by atoms with van der Waals surface area (Å²) in [5.41, 5.74) is 3.04. The van der Waals surface area contributed by atoms with Gasteiger partial charge < -0.3 is 19.5 Å². The maximum absolute atomic E-state index is 10.7. The van der Waals surface area contributed by atoms with Gasteiger partial charge in [0.05, 0.1) is 17.9 Å². The van der Waals surface area contributed by atoms with Gasteiger partial charge in [0.1, 0.15) is 12.4 Å². The molecular weight excluding hydrogens is 402 g/mol. The summed E-state index contributed by atoms with van der Waals surface area (Å²) in [7, 11) is 0. The highest BCUT2D eigenvalue weighted by atomic mass is 16.5. The molecule has 0 unspecified atom stereocenters. The van der Waals surface area contributed by atoms with Crippen molar-refractivity contribution >= 4 is 17.3 Å². The molecule has 1 aliphatic rings. The molecule has 3 aromatic rings. The average Bonchev–Trinajstić information content (AvgIpc) is 2.85. The van der Waals surface area contributed by atoms with Crippen molar-refractivity contribution in [3.63, 3.8) is 0 Å². The van der Waals surface area contributed by atoms with E-state index in [0.29, 0.717) is 19.6 Å². The van der Waals surface area contributed by atoms with Gasteiger partial charge in [-0.1, -0.05) is 64.1 Å². The lowest BCUT2D eigenvalue weighted by Crippen LogP contribution is -2.26. The van der Waals surface area contributed by atoms with E-state index in [0.717, 1.165) is 34.2 Å². The van der Waals surface area contributed by atoms with Gasteiger partial charge in [0.15, 0.2) is 11.5 Å². The summed E-state index contributed by atoms with van der Waals surface area (Å²) >= 11 is 0. The number of rotatable bonds is 7. The lowest BCUT2D eigenvalue weighted by atomic mass is 10.1. The van der Waals surface area contributed by atoms with E-state index in [1.165, 1.54) is 0 Å². The smallest absolute Gasteiger partial charge is 0.303 e. The van der Waals surface area contributed by atoms with Crippen molar-refractivity contribution < 1.29 is 19.4 Å². The number of carbonyl (C=O) groups is 1. The molecule has 0 saturated heterocycles. The van der Waals surface area contributed by atoms with Crippen LogP contribution in [0, 0.1) is 0 Å². The van der Waals surface area contributed by atoms with Gasteiger partial charge in [-0.05, 0) is 48.4 Å². The van der Waals surface area contributed by atoms with E-state index in [1.54, 1.807) is 0 Å². The Balaban J connectivity index is 0.000000860. The number of carboxylic acids is 1. The van der Waals surface area contributed by atoms with Crippen LogP contribution in [-0.2, 0) is 11.2 Å². The molecule has 32 heavy (non-hydrogen) atoms. The SMILES string of the molecule is CC.CC.O=C(O)CCc1ccc(OCCN2c3ccccc3Oc3ccccc32)cc1. The first kappa shape index (κ1) is 24.8. The number of nitrogens with zero attached hydrogens (tertiary/aromatic N) is 1. The highest BCUT2D eigenvalue weighted by Crippen LogP contribution is 2.45. The summed E-state index contributed by atoms with van der Waals surface area (Å²) in [5.74, 6) is 1.66. The first-order valence-corrected chi connectivity index (χ1v) is 11.3. The van der Waals surface area contributed by atoms with Crippen LogP contribution >= 0.6 is 0 Å². The van der Waals surface area contributed by atoms with E-state index in [4.69, 9.17) is 14.6 Å². The van der Waals surface area contributed by atoms with E-state index in [9.17, 15) is 4.79 Å². The van der Waals surface area contributed by atoms with Gasteiger partial charge >= 0.3 is 5.97 Å². The van der Waals surface area contributed by atoms with E-state index in [-0.39, 0.29) is 6.42 Å². The molecule has 3 aromatic carbocycles. The molecule has 0 radical (unpaired) electrons. The van der Waals surface area contributed by atoms with Crippen LogP contribution in [0.4, 0.5) is 11.4 Å². The van der Waals surface area contributed by atoms with Crippen LogP contribution in [0.3, 0.4) is 0 Å². The number of para-hydroxylation sites is 4. The number of carboxylic acid groups (broad SMARTS) is 1. The van der Waals surface area contributed by atoms with Gasteiger partial charge in [0.2, 0.25) is 0 Å². The number of aliphatic carboxylic acids is 1. The lowest BCUT2D eigenvalue weighted by Gasteiger charge is -2.32. The van der Waals surface area contributed by atoms with Gasteiger partial charge in [0.25, 0.3) is 0 Å². The van der Waals surface area contributed by atoms with Gasteiger partial charge in [-0.25, -0.2) is 0 Å². The third-order valence-electron chi connectivity index (χ3n) is 4.67. The second-order valence-corrected chi connectivity index (χ2v) is 6.58. The Morgan fingerprint density at radius 1 is 0.844 bits per heavy atom. The van der Waals surface area contributed by atoms with Crippen LogP contribution in [0.1, 0.15) is 39.7 Å². The molecule has 0 spiro atoms. The molecule has 170 valence electrons. The zero-order chi connectivity index (χ0) is 23.3. The van der Waals surface area contributed by atoms with Crippen LogP contribution < -0.4 is 14.4 Å². The standard InChI is InChI=1S/C23H21NO4.2C2H6/c25-23(26)14-11-17-9-12-18(13-10-17)27-16-15-24-19-5-1-3-7-21(19)28-22-8-4-2-6-20(22)24;2*1-2/h1-10,12-13H,11,14-16H2,(H,25,26);2*1-2H3. The first-order valence-electron chi connectivity index (χ1n) is 11.3. The Morgan fingerprint density at radius 2 is 1.38 bits per heavy atom. The van der Waals surface area contributed by atoms with Gasteiger partial charge in [-0.3, -0.25) is 4.79 Å². The highest BCUT2D eigenvalue weighted by Gasteiger charge is 2.23. The number of hydrogen-bond acceptors (Lipinski definition) is 4. The monoisotopic (exact) mass is 435 g/mol. The van der Waals surface area contributed by atoms with Crippen molar-refractivity contribution in [1.29, 1.82) is 0 Å². The number of benzene rings is 3. The largest absolute Gasteiger partial charge is 0.492 e. The summed E-state index contributed by atoms with van der Waals surface area (Å²) in [5, 5.41) is 8.77. The molecule has 5 nitrogen and oxygen atoms in total. The van der Waals surface area contributed by atoms with Crippen molar-refractivity contribution in [3.8, 4) is 17.2 Å². The summed E-state index contributed by atoms with van der Waals surface area (Å²) in [6, 6.07) is 23.6. The second kappa shape index (κ2) is 13.1. The fourth-order valence-electron chi connectivity index (χ4n) is 3.28. The first-order chi connectivity index (χ1) is 15.7. The predicted molar refractivity (Wildman–Crippen MR) is 131 cm³/mol. The summed E-state index contributed by atoms with van der Waals surface area (Å²) in [6.45, 7) is 9.19. The molecular formula is C27H33NO4. The molecule has 0 aliphatic carbocycles. The van der Waals surface area contributed by atoms with E-state index in [1.807, 2.05) is 100 Å². The molecule has 0 bridgehead atoms. The maximum Gasteiger partial charge on any atom is 0.303 e. The Kier molecular flexibility index (Phi) is 10.1. The lowest BCUT2D eigenvalue weighted by molar-refractivity contribution is -0.136. The summed E-state index contributed by atoms with van der Waals surface area (Å²) in [4.78, 5) is 12.9. The third kappa shape index (κ3) is 6.51. The van der Waals surface area contributed by atoms with Crippen molar-refractivity contribution in [1.82, 2.24) is 0 Å². The normalized spacial score (nSPS) is 10.8. The van der Waals surface area contributed by atoms with Crippen LogP contribution in [0.5, 0.6) is 17.2 Å². The highest BCUT2D eigenvalue weighted by molar-refractivity contribution is 5.77. The van der Waals surface area contributed by atoms with E-state index < -0.39 is 5.97 Å². The molecule has 1 aliphatic heterocycles. The molecule has 5 heteroatoms. The molecule has 0 fully saturated rings. The molecule has 0 atom stereocenters. The average molecular weight is 436 g/mol. The minimum atomic E-state index is -0.786. The van der Waals surface area contributed by atoms with Gasteiger partial charge in [0, 0.05) is 6.42 Å². The molecule has 0 saturated carbocycles. The number of fused-ring (bicyclic) bond motifs is 2. The fourth-order valence-corrected chi connectivity index (χ4v) is 3.28. The zero-order valence-electron chi connectivity index (χ0n) is 19.4. The van der Waals surface area contributed by atoms with Crippen molar-refractivity contribution in [2.75, 3.05) is 18.1 Å². The van der Waals surface area contributed by atoms with Crippen molar-refractivity contribution in [2.45, 2.75) is 40.5 Å². The minimum absolute atomic E-state index is 0.135. The second-order valence-electron chi connectivity index (χ2n) is 6.58. The molecule has 1 heterocycles.